The van der Waals surface area contributed by atoms with Crippen molar-refractivity contribution in [3.8, 4) is 0 Å². The second-order valence-corrected chi connectivity index (χ2v) is 3.35. The van der Waals surface area contributed by atoms with Crippen molar-refractivity contribution < 1.29 is 0 Å². The van der Waals surface area contributed by atoms with Crippen LogP contribution in [0, 0.1) is 20.8 Å². The van der Waals surface area contributed by atoms with Crippen LogP contribution < -0.4 is 5.32 Å². The van der Waals surface area contributed by atoms with E-state index in [1.807, 2.05) is 0 Å². The van der Waals surface area contributed by atoms with Gasteiger partial charge in [0, 0.05) is 5.69 Å². The molecular weight excluding hydrogens is 170 g/mol. The molecule has 1 N–H and O–H groups in total. The smallest absolute Gasteiger partial charge is 0.0901 e. The van der Waals surface area contributed by atoms with Gasteiger partial charge >= 0.3 is 0 Å². The molecule has 0 amide bonds. The first-order valence-electron chi connectivity index (χ1n) is 4.03. The summed E-state index contributed by atoms with van der Waals surface area (Å²) in [5.74, 6) is 0. The van der Waals surface area contributed by atoms with Crippen molar-refractivity contribution in [1.82, 2.24) is 0 Å². The summed E-state index contributed by atoms with van der Waals surface area (Å²) in [5, 5.41) is 3.14. The lowest BCUT2D eigenvalue weighted by atomic mass is 10.1. The van der Waals surface area contributed by atoms with E-state index in [-0.39, 0.29) is 0 Å². The molecule has 0 aliphatic carbocycles. The monoisotopic (exact) mass is 183 g/mol. The molecule has 0 spiro atoms. The van der Waals surface area contributed by atoms with Crippen LogP contribution in [0.4, 0.5) is 5.69 Å². The maximum Gasteiger partial charge on any atom is 0.0901 e. The highest BCUT2D eigenvalue weighted by Gasteiger charge is 2.01. The second-order valence-electron chi connectivity index (χ2n) is 3.08. The van der Waals surface area contributed by atoms with Crippen molar-refractivity contribution in [2.45, 2.75) is 20.8 Å². The Morgan fingerprint density at radius 3 is 2.08 bits per heavy atom. The molecule has 2 heteroatoms. The molecule has 0 heterocycles. The topological polar surface area (TPSA) is 12.0 Å². The summed E-state index contributed by atoms with van der Waals surface area (Å²) in [5.41, 5.74) is 4.97. The van der Waals surface area contributed by atoms with Crippen molar-refractivity contribution >= 4 is 17.3 Å². The minimum absolute atomic E-state index is 0.463. The Morgan fingerprint density at radius 2 is 1.67 bits per heavy atom. The number of aryl methyl sites for hydroxylation is 3. The van der Waals surface area contributed by atoms with Gasteiger partial charge in [0.25, 0.3) is 0 Å². The van der Waals surface area contributed by atoms with E-state index >= 15 is 0 Å². The molecule has 66 valence electrons. The third-order valence-corrected chi connectivity index (χ3v) is 2.05. The van der Waals surface area contributed by atoms with Gasteiger partial charge in [0.05, 0.1) is 6.00 Å². The van der Waals surface area contributed by atoms with E-state index in [0.29, 0.717) is 6.00 Å². The van der Waals surface area contributed by atoms with Gasteiger partial charge in [0.2, 0.25) is 0 Å². The van der Waals surface area contributed by atoms with Crippen molar-refractivity contribution in [1.29, 1.82) is 0 Å². The summed E-state index contributed by atoms with van der Waals surface area (Å²) in [6, 6.07) is 4.77. The van der Waals surface area contributed by atoms with E-state index in [1.165, 1.54) is 16.7 Å². The molecule has 0 saturated heterocycles. The molecule has 0 bridgehead atoms. The summed E-state index contributed by atoms with van der Waals surface area (Å²) in [6.07, 6.45) is 0. The number of nitrogens with one attached hydrogen (secondary N) is 1. The minimum Gasteiger partial charge on any atom is -0.371 e. The summed E-state index contributed by atoms with van der Waals surface area (Å²) < 4.78 is 0. The van der Waals surface area contributed by atoms with E-state index in [2.05, 4.69) is 38.2 Å². The Hall–Kier alpha value is -0.690. The van der Waals surface area contributed by atoms with Crippen molar-refractivity contribution in [3.05, 3.63) is 28.8 Å². The van der Waals surface area contributed by atoms with E-state index in [0.717, 1.165) is 5.69 Å². The average molecular weight is 184 g/mol. The molecule has 1 rings (SSSR count). The van der Waals surface area contributed by atoms with Crippen LogP contribution in [-0.2, 0) is 0 Å². The highest BCUT2D eigenvalue weighted by molar-refractivity contribution is 6.18. The molecule has 0 aliphatic heterocycles. The molecule has 0 unspecified atom stereocenters. The van der Waals surface area contributed by atoms with E-state index in [9.17, 15) is 0 Å². The number of alkyl halides is 1. The zero-order valence-electron chi connectivity index (χ0n) is 7.74. The molecule has 0 aliphatic rings. The van der Waals surface area contributed by atoms with Crippen LogP contribution >= 0.6 is 11.6 Å². The quantitative estimate of drug-likeness (QED) is 0.549. The number of halogens is 1. The van der Waals surface area contributed by atoms with E-state index in [1.54, 1.807) is 0 Å². The van der Waals surface area contributed by atoms with Crippen LogP contribution in [-0.4, -0.2) is 6.00 Å². The molecule has 1 nitrogen and oxygen atoms in total. The molecule has 1 aromatic rings. The van der Waals surface area contributed by atoms with Gasteiger partial charge in [0.15, 0.2) is 0 Å². The van der Waals surface area contributed by atoms with Crippen LogP contribution in [0.15, 0.2) is 12.1 Å². The van der Waals surface area contributed by atoms with Gasteiger partial charge in [-0.05, 0) is 31.9 Å². The van der Waals surface area contributed by atoms with Crippen LogP contribution in [0.2, 0.25) is 0 Å². The normalized spacial score (nSPS) is 10.0. The third-order valence-electron chi connectivity index (χ3n) is 1.92. The summed E-state index contributed by atoms with van der Waals surface area (Å²) >= 11 is 5.61. The molecule has 1 aromatic carbocycles. The van der Waals surface area contributed by atoms with Crippen molar-refractivity contribution in [2.24, 2.45) is 0 Å². The Bertz CT molecular complexity index is 258. The number of anilines is 1. The van der Waals surface area contributed by atoms with Gasteiger partial charge in [-0.15, -0.1) is 11.6 Å². The van der Waals surface area contributed by atoms with Gasteiger partial charge in [-0.3, -0.25) is 0 Å². The SMILES string of the molecule is Cc1cc(C)c(NCCl)c(C)c1. The number of hydrogen-bond acceptors (Lipinski definition) is 1. The molecular formula is C10H14ClN. The number of hydrogen-bond donors (Lipinski definition) is 1. The number of benzene rings is 1. The minimum atomic E-state index is 0.463. The van der Waals surface area contributed by atoms with Crippen LogP contribution in [0.25, 0.3) is 0 Å². The molecule has 0 saturated carbocycles. The van der Waals surface area contributed by atoms with Gasteiger partial charge in [0.1, 0.15) is 0 Å². The van der Waals surface area contributed by atoms with Gasteiger partial charge in [-0.25, -0.2) is 0 Å². The van der Waals surface area contributed by atoms with Crippen molar-refractivity contribution in [2.75, 3.05) is 11.3 Å². The van der Waals surface area contributed by atoms with Gasteiger partial charge < -0.3 is 5.32 Å². The van der Waals surface area contributed by atoms with Crippen LogP contribution in [0.3, 0.4) is 0 Å². The molecule has 0 atom stereocenters. The summed E-state index contributed by atoms with van der Waals surface area (Å²) in [6.45, 7) is 6.29. The lowest BCUT2D eigenvalue weighted by Crippen LogP contribution is -1.99. The fourth-order valence-corrected chi connectivity index (χ4v) is 1.66. The van der Waals surface area contributed by atoms with Gasteiger partial charge in [-0.2, -0.15) is 0 Å². The second kappa shape index (κ2) is 3.81. The fraction of sp³-hybridized carbons (Fsp3) is 0.400. The van der Waals surface area contributed by atoms with Gasteiger partial charge in [-0.1, -0.05) is 17.7 Å². The lowest BCUT2D eigenvalue weighted by molar-refractivity contribution is 1.28. The van der Waals surface area contributed by atoms with Crippen molar-refractivity contribution in [3.63, 3.8) is 0 Å². The predicted molar refractivity (Wildman–Crippen MR) is 55.0 cm³/mol. The standard InChI is InChI=1S/C10H14ClN/c1-7-4-8(2)10(12-6-11)9(3)5-7/h4-5,12H,6H2,1-3H3. The Morgan fingerprint density at radius 1 is 1.17 bits per heavy atom. The molecule has 12 heavy (non-hydrogen) atoms. The Labute approximate surface area is 78.7 Å². The zero-order chi connectivity index (χ0) is 9.14. The summed E-state index contributed by atoms with van der Waals surface area (Å²) in [4.78, 5) is 0. The maximum atomic E-state index is 5.61. The average Bonchev–Trinajstić information content (AvgIpc) is 1.96. The maximum absolute atomic E-state index is 5.61. The zero-order valence-corrected chi connectivity index (χ0v) is 8.50. The molecule has 0 fully saturated rings. The fourth-order valence-electron chi connectivity index (χ4n) is 1.53. The summed E-state index contributed by atoms with van der Waals surface area (Å²) in [7, 11) is 0. The highest BCUT2D eigenvalue weighted by Crippen LogP contribution is 2.21. The number of rotatable bonds is 2. The largest absolute Gasteiger partial charge is 0.371 e. The Balaban J connectivity index is 3.10. The van der Waals surface area contributed by atoms with E-state index < -0.39 is 0 Å². The first-order chi connectivity index (χ1) is 5.65. The van der Waals surface area contributed by atoms with Crippen LogP contribution in [0.5, 0.6) is 0 Å². The third kappa shape index (κ3) is 1.92. The first kappa shape index (κ1) is 9.40. The molecule has 0 radical (unpaired) electrons. The predicted octanol–water partition coefficient (Wildman–Crippen LogP) is 3.22. The first-order valence-corrected chi connectivity index (χ1v) is 4.56. The molecule has 0 aromatic heterocycles. The highest BCUT2D eigenvalue weighted by atomic mass is 35.5. The van der Waals surface area contributed by atoms with Crippen LogP contribution in [0.1, 0.15) is 16.7 Å². The Kier molecular flexibility index (Phi) is 2.99. The van der Waals surface area contributed by atoms with E-state index in [4.69, 9.17) is 11.6 Å². The lowest BCUT2D eigenvalue weighted by Gasteiger charge is -2.11.